The molecule has 1 aliphatic heterocycles. The van der Waals surface area contributed by atoms with E-state index in [0.717, 1.165) is 22.6 Å². The van der Waals surface area contributed by atoms with Crippen molar-refractivity contribution in [3.8, 4) is 5.69 Å². The molecule has 2 amide bonds. The Bertz CT molecular complexity index is 749. The van der Waals surface area contributed by atoms with Gasteiger partial charge in [0.1, 0.15) is 0 Å². The topological polar surface area (TPSA) is 67.2 Å². The predicted molar refractivity (Wildman–Crippen MR) is 90.9 cm³/mol. The van der Waals surface area contributed by atoms with E-state index in [1.54, 1.807) is 4.90 Å². The van der Waals surface area contributed by atoms with Gasteiger partial charge in [0.2, 0.25) is 11.8 Å². The Hall–Kier alpha value is -2.63. The fourth-order valence-electron chi connectivity index (χ4n) is 2.95. The van der Waals surface area contributed by atoms with Crippen LogP contribution in [0, 0.1) is 13.8 Å². The lowest BCUT2D eigenvalue weighted by Gasteiger charge is -2.26. The third-order valence-electron chi connectivity index (χ3n) is 4.21. The SMILES string of the molecule is Cc1cc(C)n(-c2ccc(CCC(=O)N3CCNC(=O)C3)cc2)n1. The Labute approximate surface area is 141 Å². The molecule has 6 heteroatoms. The number of rotatable bonds is 4. The second kappa shape index (κ2) is 6.86. The van der Waals surface area contributed by atoms with Crippen molar-refractivity contribution in [3.63, 3.8) is 0 Å². The average molecular weight is 326 g/mol. The molecule has 0 aliphatic carbocycles. The second-order valence-electron chi connectivity index (χ2n) is 6.17. The number of amides is 2. The summed E-state index contributed by atoms with van der Waals surface area (Å²) in [4.78, 5) is 25.2. The summed E-state index contributed by atoms with van der Waals surface area (Å²) in [6, 6.07) is 10.1. The van der Waals surface area contributed by atoms with Gasteiger partial charge >= 0.3 is 0 Å². The van der Waals surface area contributed by atoms with Crippen molar-refractivity contribution in [1.82, 2.24) is 20.0 Å². The van der Waals surface area contributed by atoms with Crippen molar-refractivity contribution < 1.29 is 9.59 Å². The summed E-state index contributed by atoms with van der Waals surface area (Å²) in [7, 11) is 0. The quantitative estimate of drug-likeness (QED) is 0.923. The Kier molecular flexibility index (Phi) is 4.64. The second-order valence-corrected chi connectivity index (χ2v) is 6.17. The predicted octanol–water partition coefficient (Wildman–Crippen LogP) is 1.38. The van der Waals surface area contributed by atoms with Crippen LogP contribution in [0.15, 0.2) is 30.3 Å². The van der Waals surface area contributed by atoms with E-state index < -0.39 is 0 Å². The summed E-state index contributed by atoms with van der Waals surface area (Å²) in [6.45, 7) is 5.32. The largest absolute Gasteiger partial charge is 0.353 e. The molecule has 2 aromatic rings. The van der Waals surface area contributed by atoms with Crippen LogP contribution in [0.25, 0.3) is 5.69 Å². The number of carbonyl (C=O) groups excluding carboxylic acids is 2. The highest BCUT2D eigenvalue weighted by Gasteiger charge is 2.20. The number of piperazine rings is 1. The minimum absolute atomic E-state index is 0.0347. The molecular weight excluding hydrogens is 304 g/mol. The molecule has 1 aliphatic rings. The van der Waals surface area contributed by atoms with E-state index in [4.69, 9.17) is 0 Å². The minimum atomic E-state index is -0.0798. The van der Waals surface area contributed by atoms with Gasteiger partial charge in [-0.05, 0) is 44.0 Å². The molecule has 1 aromatic heterocycles. The molecule has 24 heavy (non-hydrogen) atoms. The molecule has 1 fully saturated rings. The van der Waals surface area contributed by atoms with Gasteiger partial charge in [-0.1, -0.05) is 12.1 Å². The Morgan fingerprint density at radius 2 is 2.00 bits per heavy atom. The van der Waals surface area contributed by atoms with Crippen molar-refractivity contribution in [3.05, 3.63) is 47.3 Å². The number of aromatic nitrogens is 2. The van der Waals surface area contributed by atoms with Crippen LogP contribution in [0.2, 0.25) is 0 Å². The lowest BCUT2D eigenvalue weighted by Crippen LogP contribution is -2.50. The third kappa shape index (κ3) is 3.64. The number of hydrogen-bond donors (Lipinski definition) is 1. The number of nitrogens with one attached hydrogen (secondary N) is 1. The minimum Gasteiger partial charge on any atom is -0.353 e. The Morgan fingerprint density at radius 3 is 2.62 bits per heavy atom. The Morgan fingerprint density at radius 1 is 1.25 bits per heavy atom. The molecule has 0 saturated carbocycles. The molecule has 2 heterocycles. The number of carbonyl (C=O) groups is 2. The van der Waals surface area contributed by atoms with E-state index in [0.29, 0.717) is 25.9 Å². The highest BCUT2D eigenvalue weighted by Crippen LogP contribution is 2.14. The van der Waals surface area contributed by atoms with Crippen molar-refractivity contribution >= 4 is 11.8 Å². The first-order chi connectivity index (χ1) is 11.5. The maximum Gasteiger partial charge on any atom is 0.239 e. The smallest absolute Gasteiger partial charge is 0.239 e. The van der Waals surface area contributed by atoms with Crippen LogP contribution in [-0.2, 0) is 16.0 Å². The van der Waals surface area contributed by atoms with Gasteiger partial charge in [0, 0.05) is 25.2 Å². The zero-order valence-electron chi connectivity index (χ0n) is 14.1. The Balaban J connectivity index is 1.59. The number of nitrogens with zero attached hydrogens (tertiary/aromatic N) is 3. The van der Waals surface area contributed by atoms with Crippen molar-refractivity contribution in [2.75, 3.05) is 19.6 Å². The fourth-order valence-corrected chi connectivity index (χ4v) is 2.95. The highest BCUT2D eigenvalue weighted by molar-refractivity contribution is 5.85. The van der Waals surface area contributed by atoms with Gasteiger partial charge in [-0.15, -0.1) is 0 Å². The van der Waals surface area contributed by atoms with Gasteiger partial charge in [0.05, 0.1) is 17.9 Å². The molecule has 0 bridgehead atoms. The molecule has 6 nitrogen and oxygen atoms in total. The van der Waals surface area contributed by atoms with Gasteiger partial charge in [0.25, 0.3) is 0 Å². The summed E-state index contributed by atoms with van der Waals surface area (Å²) in [5, 5.41) is 7.20. The maximum atomic E-state index is 12.2. The van der Waals surface area contributed by atoms with Crippen LogP contribution >= 0.6 is 0 Å². The van der Waals surface area contributed by atoms with E-state index in [2.05, 4.69) is 10.4 Å². The summed E-state index contributed by atoms with van der Waals surface area (Å²) < 4.78 is 1.91. The maximum absolute atomic E-state index is 12.2. The molecular formula is C18H22N4O2. The van der Waals surface area contributed by atoms with Crippen LogP contribution in [0.1, 0.15) is 23.4 Å². The van der Waals surface area contributed by atoms with Crippen molar-refractivity contribution in [2.24, 2.45) is 0 Å². The molecule has 0 unspecified atom stereocenters. The van der Waals surface area contributed by atoms with Crippen LogP contribution in [0.4, 0.5) is 0 Å². The van der Waals surface area contributed by atoms with E-state index in [9.17, 15) is 9.59 Å². The number of aryl methyl sites for hydroxylation is 3. The molecule has 126 valence electrons. The standard InChI is InChI=1S/C18H22N4O2/c1-13-11-14(2)22(20-13)16-6-3-15(4-7-16)5-8-18(24)21-10-9-19-17(23)12-21/h3-4,6-7,11H,5,8-10,12H2,1-2H3,(H,19,23). The number of hydrogen-bond acceptors (Lipinski definition) is 3. The lowest BCUT2D eigenvalue weighted by atomic mass is 10.1. The summed E-state index contributed by atoms with van der Waals surface area (Å²) in [5.41, 5.74) is 4.21. The summed E-state index contributed by atoms with van der Waals surface area (Å²) >= 11 is 0. The van der Waals surface area contributed by atoms with Crippen LogP contribution in [0.5, 0.6) is 0 Å². The van der Waals surface area contributed by atoms with Crippen molar-refractivity contribution in [2.45, 2.75) is 26.7 Å². The van der Waals surface area contributed by atoms with Gasteiger partial charge < -0.3 is 10.2 Å². The molecule has 0 spiro atoms. The molecule has 1 aromatic carbocycles. The van der Waals surface area contributed by atoms with Gasteiger partial charge in [-0.3, -0.25) is 9.59 Å². The molecule has 1 N–H and O–H groups in total. The van der Waals surface area contributed by atoms with E-state index in [1.165, 1.54) is 0 Å². The number of benzene rings is 1. The van der Waals surface area contributed by atoms with E-state index >= 15 is 0 Å². The third-order valence-corrected chi connectivity index (χ3v) is 4.21. The molecule has 0 atom stereocenters. The first-order valence-corrected chi connectivity index (χ1v) is 8.20. The summed E-state index contributed by atoms with van der Waals surface area (Å²) in [5.74, 6) is -0.0451. The van der Waals surface area contributed by atoms with Gasteiger partial charge in [0.15, 0.2) is 0 Å². The molecule has 1 saturated heterocycles. The molecule has 0 radical (unpaired) electrons. The van der Waals surface area contributed by atoms with Crippen LogP contribution < -0.4 is 5.32 Å². The van der Waals surface area contributed by atoms with E-state index in [1.807, 2.05) is 48.9 Å². The first kappa shape index (κ1) is 16.2. The fraction of sp³-hybridized carbons (Fsp3) is 0.389. The van der Waals surface area contributed by atoms with Crippen LogP contribution in [0.3, 0.4) is 0 Å². The normalized spacial score (nSPS) is 14.6. The highest BCUT2D eigenvalue weighted by atomic mass is 16.2. The van der Waals surface area contributed by atoms with Crippen LogP contribution in [-0.4, -0.2) is 46.1 Å². The lowest BCUT2D eigenvalue weighted by molar-refractivity contribution is -0.138. The van der Waals surface area contributed by atoms with Gasteiger partial charge in [-0.2, -0.15) is 5.10 Å². The van der Waals surface area contributed by atoms with Gasteiger partial charge in [-0.25, -0.2) is 4.68 Å². The monoisotopic (exact) mass is 326 g/mol. The average Bonchev–Trinajstić information content (AvgIpc) is 2.91. The van der Waals surface area contributed by atoms with E-state index in [-0.39, 0.29) is 18.4 Å². The first-order valence-electron chi connectivity index (χ1n) is 8.20. The zero-order chi connectivity index (χ0) is 17.1. The molecule has 3 rings (SSSR count). The zero-order valence-corrected chi connectivity index (χ0v) is 14.1. The van der Waals surface area contributed by atoms with Crippen molar-refractivity contribution in [1.29, 1.82) is 0 Å². The summed E-state index contributed by atoms with van der Waals surface area (Å²) in [6.07, 6.45) is 1.10.